The van der Waals surface area contributed by atoms with Gasteiger partial charge in [0.1, 0.15) is 36.4 Å². The zero-order valence-electron chi connectivity index (χ0n) is 13.4. The van der Waals surface area contributed by atoms with Crippen molar-refractivity contribution in [2.75, 3.05) is 13.2 Å². The highest BCUT2D eigenvalue weighted by Crippen LogP contribution is 2.21. The third kappa shape index (κ3) is 4.89. The molecule has 2 aromatic rings. The number of carbonyl (C=O) groups excluding carboxylic acids is 1. The van der Waals surface area contributed by atoms with E-state index in [1.54, 1.807) is 24.3 Å². The van der Waals surface area contributed by atoms with Crippen molar-refractivity contribution in [1.29, 1.82) is 5.26 Å². The molecule has 0 atom stereocenters. The number of nitrogens with zero attached hydrogens (tertiary/aromatic N) is 1. The molecule has 24 heavy (non-hydrogen) atoms. The zero-order valence-corrected chi connectivity index (χ0v) is 13.4. The number of nitriles is 1. The van der Waals surface area contributed by atoms with Crippen molar-refractivity contribution >= 4 is 12.0 Å². The molecular weight excluding hydrogens is 304 g/mol. The van der Waals surface area contributed by atoms with Gasteiger partial charge in [-0.3, -0.25) is 4.79 Å². The van der Waals surface area contributed by atoms with Gasteiger partial charge in [0.05, 0.1) is 0 Å². The zero-order chi connectivity index (χ0) is 17.4. The Labute approximate surface area is 140 Å². The summed E-state index contributed by atoms with van der Waals surface area (Å²) in [5.41, 5.74) is 6.77. The number of ether oxygens (including phenoxy) is 2. The van der Waals surface area contributed by atoms with Crippen LogP contribution in [-0.4, -0.2) is 19.1 Å². The van der Waals surface area contributed by atoms with Crippen molar-refractivity contribution in [3.05, 3.63) is 65.2 Å². The Kier molecular flexibility index (Phi) is 5.98. The quantitative estimate of drug-likeness (QED) is 0.482. The van der Waals surface area contributed by atoms with Crippen molar-refractivity contribution in [3.8, 4) is 17.6 Å². The lowest BCUT2D eigenvalue weighted by atomic mass is 10.1. The third-order valence-electron chi connectivity index (χ3n) is 3.20. The summed E-state index contributed by atoms with van der Waals surface area (Å²) in [6.07, 6.45) is 1.42. The van der Waals surface area contributed by atoms with Gasteiger partial charge in [-0.1, -0.05) is 30.3 Å². The van der Waals surface area contributed by atoms with Gasteiger partial charge in [-0.25, -0.2) is 0 Å². The molecule has 5 nitrogen and oxygen atoms in total. The van der Waals surface area contributed by atoms with Gasteiger partial charge in [0, 0.05) is 5.56 Å². The molecule has 0 unspecified atom stereocenters. The van der Waals surface area contributed by atoms with Gasteiger partial charge in [-0.2, -0.15) is 5.26 Å². The van der Waals surface area contributed by atoms with Crippen LogP contribution in [0.2, 0.25) is 0 Å². The lowest BCUT2D eigenvalue weighted by molar-refractivity contribution is -0.114. The smallest absolute Gasteiger partial charge is 0.259 e. The minimum absolute atomic E-state index is 0.123. The fourth-order valence-corrected chi connectivity index (χ4v) is 2.06. The number of rotatable bonds is 7. The highest BCUT2D eigenvalue weighted by atomic mass is 16.5. The number of carbonyl (C=O) groups is 1. The lowest BCUT2D eigenvalue weighted by Gasteiger charge is -2.11. The van der Waals surface area contributed by atoms with Gasteiger partial charge >= 0.3 is 0 Å². The normalized spacial score (nSPS) is 10.8. The average molecular weight is 322 g/mol. The number of para-hydroxylation sites is 1. The van der Waals surface area contributed by atoms with E-state index in [1.165, 1.54) is 6.08 Å². The molecule has 5 heteroatoms. The Morgan fingerprint density at radius 2 is 1.92 bits per heavy atom. The molecule has 0 saturated carbocycles. The summed E-state index contributed by atoms with van der Waals surface area (Å²) >= 11 is 0. The second kappa shape index (κ2) is 8.39. The molecule has 0 spiro atoms. The van der Waals surface area contributed by atoms with Crippen LogP contribution in [-0.2, 0) is 4.79 Å². The molecule has 0 saturated heterocycles. The molecule has 0 aliphatic carbocycles. The second-order valence-electron chi connectivity index (χ2n) is 5.09. The minimum Gasteiger partial charge on any atom is -0.490 e. The number of hydrogen-bond acceptors (Lipinski definition) is 4. The minimum atomic E-state index is -0.768. The maximum atomic E-state index is 11.2. The number of nitrogens with two attached hydrogens (primary N) is 1. The Morgan fingerprint density at radius 1 is 1.17 bits per heavy atom. The van der Waals surface area contributed by atoms with Gasteiger partial charge < -0.3 is 15.2 Å². The molecular formula is C19H18N2O3. The first-order chi connectivity index (χ1) is 11.6. The first-order valence-electron chi connectivity index (χ1n) is 7.43. The highest BCUT2D eigenvalue weighted by molar-refractivity contribution is 6.00. The van der Waals surface area contributed by atoms with Gasteiger partial charge in [-0.15, -0.1) is 0 Å². The molecule has 2 N–H and O–H groups in total. The van der Waals surface area contributed by atoms with E-state index in [4.69, 9.17) is 20.5 Å². The fourth-order valence-electron chi connectivity index (χ4n) is 2.06. The van der Waals surface area contributed by atoms with Crippen molar-refractivity contribution < 1.29 is 14.3 Å². The highest BCUT2D eigenvalue weighted by Gasteiger charge is 2.07. The SMILES string of the molecule is Cc1cccc(OCCOc2ccccc2/C=C(\C#N)C(N)=O)c1. The Hall–Kier alpha value is -3.26. The summed E-state index contributed by atoms with van der Waals surface area (Å²) in [7, 11) is 0. The largest absolute Gasteiger partial charge is 0.490 e. The lowest BCUT2D eigenvalue weighted by Crippen LogP contribution is -2.13. The standard InChI is InChI=1S/C19H18N2O3/c1-14-5-4-7-17(11-14)23-9-10-24-18-8-3-2-6-15(18)12-16(13-20)19(21)22/h2-8,11-12H,9-10H2,1H3,(H2,21,22)/b16-12+. The van der Waals surface area contributed by atoms with Crippen LogP contribution in [0.4, 0.5) is 0 Å². The maximum Gasteiger partial charge on any atom is 0.259 e. The van der Waals surface area contributed by atoms with E-state index in [9.17, 15) is 4.79 Å². The predicted octanol–water partition coefficient (Wildman–Crippen LogP) is 2.85. The van der Waals surface area contributed by atoms with Crippen LogP contribution < -0.4 is 15.2 Å². The predicted molar refractivity (Wildman–Crippen MR) is 91.4 cm³/mol. The maximum absolute atomic E-state index is 11.2. The van der Waals surface area contributed by atoms with E-state index < -0.39 is 5.91 Å². The van der Waals surface area contributed by atoms with Crippen LogP contribution in [0.25, 0.3) is 6.08 Å². The first-order valence-corrected chi connectivity index (χ1v) is 7.43. The van der Waals surface area contributed by atoms with Gasteiger partial charge in [0.15, 0.2) is 0 Å². The molecule has 0 heterocycles. The summed E-state index contributed by atoms with van der Waals surface area (Å²) < 4.78 is 11.3. The van der Waals surface area contributed by atoms with Crippen LogP contribution in [0.15, 0.2) is 54.1 Å². The van der Waals surface area contributed by atoms with Gasteiger partial charge in [0.2, 0.25) is 0 Å². The first kappa shape index (κ1) is 17.1. The molecule has 2 rings (SSSR count). The van der Waals surface area contributed by atoms with Crippen LogP contribution in [0.3, 0.4) is 0 Å². The Balaban J connectivity index is 1.98. The number of primary amides is 1. The number of benzene rings is 2. The monoisotopic (exact) mass is 322 g/mol. The molecule has 0 aliphatic rings. The molecule has 0 fully saturated rings. The Morgan fingerprint density at radius 3 is 2.62 bits per heavy atom. The number of aryl methyl sites for hydroxylation is 1. The van der Waals surface area contributed by atoms with E-state index in [0.29, 0.717) is 24.5 Å². The van der Waals surface area contributed by atoms with E-state index in [2.05, 4.69) is 0 Å². The van der Waals surface area contributed by atoms with Crippen LogP contribution >= 0.6 is 0 Å². The van der Waals surface area contributed by atoms with Crippen molar-refractivity contribution in [2.24, 2.45) is 5.73 Å². The van der Waals surface area contributed by atoms with E-state index >= 15 is 0 Å². The van der Waals surface area contributed by atoms with E-state index in [1.807, 2.05) is 37.3 Å². The van der Waals surface area contributed by atoms with Crippen molar-refractivity contribution in [2.45, 2.75) is 6.92 Å². The molecule has 1 amide bonds. The second-order valence-corrected chi connectivity index (χ2v) is 5.09. The summed E-state index contributed by atoms with van der Waals surface area (Å²) in [6.45, 7) is 2.71. The topological polar surface area (TPSA) is 85.3 Å². The van der Waals surface area contributed by atoms with Crippen LogP contribution in [0, 0.1) is 18.3 Å². The fraction of sp³-hybridized carbons (Fsp3) is 0.158. The summed E-state index contributed by atoms with van der Waals surface area (Å²) in [4.78, 5) is 11.2. The van der Waals surface area contributed by atoms with Gasteiger partial charge in [-0.05, 0) is 36.8 Å². The van der Waals surface area contributed by atoms with Crippen molar-refractivity contribution in [1.82, 2.24) is 0 Å². The number of hydrogen-bond donors (Lipinski definition) is 1. The van der Waals surface area contributed by atoms with E-state index in [-0.39, 0.29) is 5.57 Å². The van der Waals surface area contributed by atoms with Crippen LogP contribution in [0.5, 0.6) is 11.5 Å². The van der Waals surface area contributed by atoms with Crippen LogP contribution in [0.1, 0.15) is 11.1 Å². The molecule has 0 bridgehead atoms. The Bertz CT molecular complexity index is 791. The molecule has 0 aromatic heterocycles. The molecule has 0 radical (unpaired) electrons. The average Bonchev–Trinajstić information content (AvgIpc) is 2.57. The third-order valence-corrected chi connectivity index (χ3v) is 3.20. The molecule has 122 valence electrons. The van der Waals surface area contributed by atoms with Gasteiger partial charge in [0.25, 0.3) is 5.91 Å². The molecule has 0 aliphatic heterocycles. The number of amides is 1. The molecule has 2 aromatic carbocycles. The summed E-state index contributed by atoms with van der Waals surface area (Å²) in [5.74, 6) is 0.571. The van der Waals surface area contributed by atoms with Crippen molar-refractivity contribution in [3.63, 3.8) is 0 Å². The van der Waals surface area contributed by atoms with E-state index in [0.717, 1.165) is 11.3 Å². The summed E-state index contributed by atoms with van der Waals surface area (Å²) in [6, 6.07) is 16.6. The summed E-state index contributed by atoms with van der Waals surface area (Å²) in [5, 5.41) is 8.93.